The molecule has 0 saturated carbocycles. The van der Waals surface area contributed by atoms with Crippen LogP contribution in [0.15, 0.2) is 33.2 Å². The molecule has 54 heavy (non-hydrogen) atoms. The van der Waals surface area contributed by atoms with E-state index in [4.69, 9.17) is 47.0 Å². The van der Waals surface area contributed by atoms with Crippen molar-refractivity contribution >= 4 is 46.2 Å². The van der Waals surface area contributed by atoms with Gasteiger partial charge in [0.1, 0.15) is 11.1 Å². The highest BCUT2D eigenvalue weighted by molar-refractivity contribution is 6.27. The second-order valence-corrected chi connectivity index (χ2v) is 12.8. The fourth-order valence-electron chi connectivity index (χ4n) is 7.00. The average molecular weight is 749 g/mol. The van der Waals surface area contributed by atoms with Crippen molar-refractivity contribution in [2.45, 2.75) is 71.1 Å². The second-order valence-electron chi connectivity index (χ2n) is 12.8. The maximum Gasteiger partial charge on any atom is 0.374 e. The minimum atomic E-state index is -1.89. The maximum absolute atomic E-state index is 13.7. The number of carbonyl (C=O) groups excluding carboxylic acids is 6. The lowest BCUT2D eigenvalue weighted by atomic mass is 9.87. The van der Waals surface area contributed by atoms with Gasteiger partial charge in [0.2, 0.25) is 11.5 Å². The van der Waals surface area contributed by atoms with Gasteiger partial charge in [0.15, 0.2) is 40.8 Å². The van der Waals surface area contributed by atoms with Crippen molar-refractivity contribution in [2.24, 2.45) is 0 Å². The summed E-state index contributed by atoms with van der Waals surface area (Å²) >= 11 is 0. The zero-order valence-electron chi connectivity index (χ0n) is 29.6. The van der Waals surface area contributed by atoms with E-state index in [0.29, 0.717) is 13.0 Å². The Balaban J connectivity index is 1.47. The van der Waals surface area contributed by atoms with Crippen molar-refractivity contribution in [1.82, 2.24) is 0 Å². The Morgan fingerprint density at radius 1 is 0.833 bits per heavy atom. The van der Waals surface area contributed by atoms with Gasteiger partial charge >= 0.3 is 29.5 Å². The summed E-state index contributed by atoms with van der Waals surface area (Å²) in [5.74, 6) is -9.53. The van der Waals surface area contributed by atoms with Crippen molar-refractivity contribution in [3.05, 3.63) is 62.4 Å². The SMILES string of the molecule is COC(=O)c1cc2cc3c(c(OC(C)=O)c2c(=O)o1)OC1(Cc2c(c(OC(C)=O)c4c(c2OC(C)=O)C(=O)C=C(OC)C4=O)O1)CC3OC1CCCCO1. The summed E-state index contributed by atoms with van der Waals surface area (Å²) in [4.78, 5) is 90.7. The van der Waals surface area contributed by atoms with Gasteiger partial charge in [-0.05, 0) is 36.8 Å². The Morgan fingerprint density at radius 2 is 1.52 bits per heavy atom. The first kappa shape index (κ1) is 36.3. The topological polar surface area (TPSA) is 216 Å². The van der Waals surface area contributed by atoms with Crippen molar-refractivity contribution in [3.8, 4) is 28.7 Å². The maximum atomic E-state index is 13.7. The van der Waals surface area contributed by atoms with E-state index in [-0.39, 0.29) is 63.3 Å². The molecule has 0 N–H and O–H groups in total. The molecule has 0 amide bonds. The number of allylic oxidation sites excluding steroid dienone is 2. The van der Waals surface area contributed by atoms with Crippen molar-refractivity contribution in [3.63, 3.8) is 0 Å². The van der Waals surface area contributed by atoms with E-state index in [9.17, 15) is 33.6 Å². The van der Waals surface area contributed by atoms with Gasteiger partial charge in [-0.25, -0.2) is 9.59 Å². The van der Waals surface area contributed by atoms with Gasteiger partial charge in [0, 0.05) is 44.6 Å². The van der Waals surface area contributed by atoms with Crippen LogP contribution in [0.25, 0.3) is 10.8 Å². The number of hydrogen-bond acceptors (Lipinski definition) is 17. The smallest absolute Gasteiger partial charge is 0.374 e. The fourth-order valence-corrected chi connectivity index (χ4v) is 7.00. The largest absolute Gasteiger partial charge is 0.492 e. The zero-order valence-corrected chi connectivity index (χ0v) is 29.6. The quantitative estimate of drug-likeness (QED) is 0.247. The number of esters is 4. The number of hydrogen-bond donors (Lipinski definition) is 0. The van der Waals surface area contributed by atoms with E-state index in [0.717, 1.165) is 46.8 Å². The highest BCUT2D eigenvalue weighted by Crippen LogP contribution is 2.58. The Morgan fingerprint density at radius 3 is 2.17 bits per heavy atom. The molecule has 2 aromatic carbocycles. The summed E-state index contributed by atoms with van der Waals surface area (Å²) in [5.41, 5.74) is -1.62. The lowest BCUT2D eigenvalue weighted by Gasteiger charge is -2.40. The van der Waals surface area contributed by atoms with Crippen LogP contribution in [0.1, 0.15) is 95.0 Å². The Kier molecular flexibility index (Phi) is 9.23. The second kappa shape index (κ2) is 13.7. The summed E-state index contributed by atoms with van der Waals surface area (Å²) < 4.78 is 57.3. The van der Waals surface area contributed by atoms with Crippen LogP contribution in [0.3, 0.4) is 0 Å². The third-order valence-electron chi connectivity index (χ3n) is 9.07. The molecule has 0 radical (unpaired) electrons. The monoisotopic (exact) mass is 748 g/mol. The molecule has 1 aromatic heterocycles. The molecular weight excluding hydrogens is 716 g/mol. The van der Waals surface area contributed by atoms with Crippen LogP contribution in [-0.4, -0.2) is 68.3 Å². The van der Waals surface area contributed by atoms with E-state index in [1.165, 1.54) is 19.2 Å². The molecule has 282 valence electrons. The first-order valence-corrected chi connectivity index (χ1v) is 16.7. The van der Waals surface area contributed by atoms with Gasteiger partial charge in [-0.15, -0.1) is 0 Å². The van der Waals surface area contributed by atoms with Crippen molar-refractivity contribution in [1.29, 1.82) is 0 Å². The van der Waals surface area contributed by atoms with E-state index in [2.05, 4.69) is 0 Å². The van der Waals surface area contributed by atoms with Crippen LogP contribution in [0.2, 0.25) is 0 Å². The van der Waals surface area contributed by atoms with E-state index in [1.54, 1.807) is 0 Å². The Bertz CT molecular complexity index is 2270. The molecule has 1 spiro atoms. The zero-order chi connectivity index (χ0) is 38.6. The van der Waals surface area contributed by atoms with Crippen LogP contribution in [0.5, 0.6) is 28.7 Å². The van der Waals surface area contributed by atoms with E-state index in [1.807, 2.05) is 0 Å². The third-order valence-corrected chi connectivity index (χ3v) is 9.07. The molecule has 1 aliphatic carbocycles. The summed E-state index contributed by atoms with van der Waals surface area (Å²) in [6, 6.07) is 2.75. The molecule has 1 fully saturated rings. The molecule has 1 saturated heterocycles. The Labute approximate surface area is 304 Å². The first-order chi connectivity index (χ1) is 25.7. The molecule has 3 aromatic rings. The highest BCUT2D eigenvalue weighted by Gasteiger charge is 2.54. The molecule has 0 bridgehead atoms. The lowest BCUT2D eigenvalue weighted by molar-refractivity contribution is -0.221. The fraction of sp³-hybridized carbons (Fsp3) is 0.378. The molecule has 4 aliphatic rings. The average Bonchev–Trinajstić information content (AvgIpc) is 3.48. The number of Topliss-reactive ketones (excluding diaryl/α,β-unsaturated/α-hetero) is 1. The molecule has 17 heteroatoms. The molecule has 3 unspecified atom stereocenters. The minimum Gasteiger partial charge on any atom is -0.492 e. The number of ketones is 2. The van der Waals surface area contributed by atoms with Gasteiger partial charge in [0.05, 0.1) is 44.3 Å². The standard InChI is InChI=1S/C37H32O17/c1-15(38)48-30-20-13-37(54-32(20)34(50-17(3)40)28-27(30)21(41)12-22(45-4)29(28)42)14-24(51-25-8-6-7-9-47-25)19-10-18-11-23(35(43)46-5)52-36(44)26(18)33(31(19)53-37)49-16(2)39/h10-12,24-25H,6-9,13-14H2,1-5H3. The molecule has 17 nitrogen and oxygen atoms in total. The van der Waals surface area contributed by atoms with Crippen LogP contribution >= 0.6 is 0 Å². The molecule has 3 aliphatic heterocycles. The number of methoxy groups -OCH3 is 2. The van der Waals surface area contributed by atoms with Crippen LogP contribution in [0, 0.1) is 0 Å². The molecular formula is C37H32O17. The number of carbonyl (C=O) groups is 6. The van der Waals surface area contributed by atoms with Gasteiger partial charge in [-0.3, -0.25) is 24.0 Å². The van der Waals surface area contributed by atoms with E-state index >= 15 is 0 Å². The summed E-state index contributed by atoms with van der Waals surface area (Å²) in [6.45, 7) is 3.67. The summed E-state index contributed by atoms with van der Waals surface area (Å²) in [6.07, 6.45) is 0.806. The number of rotatable bonds is 7. The predicted octanol–water partition coefficient (Wildman–Crippen LogP) is 3.96. The van der Waals surface area contributed by atoms with Gasteiger partial charge < -0.3 is 47.0 Å². The number of ether oxygens (including phenoxy) is 9. The van der Waals surface area contributed by atoms with Crippen LogP contribution < -0.4 is 29.3 Å². The molecule has 4 heterocycles. The van der Waals surface area contributed by atoms with Gasteiger partial charge in [-0.1, -0.05) is 0 Å². The molecule has 3 atom stereocenters. The number of benzene rings is 2. The number of fused-ring (bicyclic) bond motifs is 4. The normalized spacial score (nSPS) is 21.2. The van der Waals surface area contributed by atoms with Crippen molar-refractivity contribution < 1.29 is 75.8 Å². The highest BCUT2D eigenvalue weighted by atomic mass is 16.7. The summed E-state index contributed by atoms with van der Waals surface area (Å²) in [7, 11) is 2.28. The van der Waals surface area contributed by atoms with Crippen LogP contribution in [-0.2, 0) is 39.8 Å². The van der Waals surface area contributed by atoms with Crippen LogP contribution in [0.4, 0.5) is 0 Å². The third kappa shape index (κ3) is 6.24. The predicted molar refractivity (Wildman–Crippen MR) is 178 cm³/mol. The van der Waals surface area contributed by atoms with Crippen molar-refractivity contribution in [2.75, 3.05) is 20.8 Å². The first-order valence-electron chi connectivity index (χ1n) is 16.7. The lowest BCUT2D eigenvalue weighted by Crippen LogP contribution is -2.46. The summed E-state index contributed by atoms with van der Waals surface area (Å²) in [5, 5.41) is -0.154. The minimum absolute atomic E-state index is 0.0174. The van der Waals surface area contributed by atoms with E-state index < -0.39 is 82.1 Å². The molecule has 7 rings (SSSR count). The van der Waals surface area contributed by atoms with Gasteiger partial charge in [0.25, 0.3) is 5.79 Å². The van der Waals surface area contributed by atoms with Gasteiger partial charge in [-0.2, -0.15) is 0 Å². The Hall–Kier alpha value is -6.07.